The number of sulfone groups is 1. The molecular formula is C11H15N3O3S2. The largest absolute Gasteiger partial charge is 0.337 e. The van der Waals surface area contributed by atoms with Gasteiger partial charge in [0.25, 0.3) is 0 Å². The van der Waals surface area contributed by atoms with Crippen molar-refractivity contribution in [2.45, 2.75) is 19.4 Å². The molecule has 2 heterocycles. The molecular weight excluding hydrogens is 286 g/mol. The van der Waals surface area contributed by atoms with Crippen LogP contribution in [-0.2, 0) is 9.84 Å². The van der Waals surface area contributed by atoms with Crippen LogP contribution in [-0.4, -0.2) is 30.6 Å². The van der Waals surface area contributed by atoms with Crippen molar-refractivity contribution in [1.82, 2.24) is 10.1 Å². The van der Waals surface area contributed by atoms with Crippen molar-refractivity contribution in [3.63, 3.8) is 0 Å². The Bertz CT molecular complexity index is 660. The van der Waals surface area contributed by atoms with Crippen molar-refractivity contribution in [2.24, 2.45) is 5.73 Å². The number of hydrogen-bond donors (Lipinski definition) is 1. The SMILES string of the molecule is Cc1cscc1-c1noc(C(N)CCS(C)(=O)=O)n1. The van der Waals surface area contributed by atoms with Gasteiger partial charge in [-0.25, -0.2) is 8.42 Å². The molecule has 0 bridgehead atoms. The van der Waals surface area contributed by atoms with Crippen LogP contribution in [0.25, 0.3) is 11.4 Å². The highest BCUT2D eigenvalue weighted by Crippen LogP contribution is 2.25. The lowest BCUT2D eigenvalue weighted by molar-refractivity contribution is 0.352. The number of nitrogens with two attached hydrogens (primary N) is 1. The highest BCUT2D eigenvalue weighted by atomic mass is 32.2. The molecule has 0 saturated heterocycles. The zero-order valence-corrected chi connectivity index (χ0v) is 12.3. The number of hydrogen-bond acceptors (Lipinski definition) is 7. The molecule has 0 aliphatic rings. The first-order valence-corrected chi connectivity index (χ1v) is 8.67. The minimum absolute atomic E-state index is 0.00333. The second-order valence-electron chi connectivity index (χ2n) is 4.45. The third-order valence-corrected chi connectivity index (χ3v) is 4.49. The smallest absolute Gasteiger partial charge is 0.243 e. The lowest BCUT2D eigenvalue weighted by Crippen LogP contribution is -2.16. The van der Waals surface area contributed by atoms with E-state index in [-0.39, 0.29) is 18.1 Å². The molecule has 0 spiro atoms. The molecule has 1 atom stereocenters. The molecule has 0 aromatic carbocycles. The van der Waals surface area contributed by atoms with Crippen LogP contribution in [0.5, 0.6) is 0 Å². The lowest BCUT2D eigenvalue weighted by Gasteiger charge is -2.04. The quantitative estimate of drug-likeness (QED) is 0.899. The molecule has 6 nitrogen and oxygen atoms in total. The Kier molecular flexibility index (Phi) is 4.02. The number of nitrogens with zero attached hydrogens (tertiary/aromatic N) is 2. The van der Waals surface area contributed by atoms with Crippen LogP contribution < -0.4 is 5.73 Å². The minimum Gasteiger partial charge on any atom is -0.337 e. The van der Waals surface area contributed by atoms with E-state index < -0.39 is 15.9 Å². The predicted molar refractivity (Wildman–Crippen MR) is 73.6 cm³/mol. The van der Waals surface area contributed by atoms with E-state index in [9.17, 15) is 8.42 Å². The van der Waals surface area contributed by atoms with Crippen LogP contribution in [0.1, 0.15) is 23.9 Å². The van der Waals surface area contributed by atoms with Gasteiger partial charge < -0.3 is 10.3 Å². The molecule has 0 amide bonds. The molecule has 2 aromatic heterocycles. The average molecular weight is 301 g/mol. The number of aromatic nitrogens is 2. The molecule has 0 aliphatic carbocycles. The fourth-order valence-electron chi connectivity index (χ4n) is 1.55. The summed E-state index contributed by atoms with van der Waals surface area (Å²) in [6, 6.07) is -0.560. The highest BCUT2D eigenvalue weighted by molar-refractivity contribution is 7.90. The van der Waals surface area contributed by atoms with Crippen molar-refractivity contribution in [3.8, 4) is 11.4 Å². The molecule has 0 radical (unpaired) electrons. The van der Waals surface area contributed by atoms with Crippen molar-refractivity contribution < 1.29 is 12.9 Å². The first kappa shape index (κ1) is 14.2. The van der Waals surface area contributed by atoms with E-state index in [1.165, 1.54) is 6.26 Å². The molecule has 0 aliphatic heterocycles. The van der Waals surface area contributed by atoms with Gasteiger partial charge in [0, 0.05) is 17.2 Å². The van der Waals surface area contributed by atoms with Gasteiger partial charge in [0.1, 0.15) is 9.84 Å². The summed E-state index contributed by atoms with van der Waals surface area (Å²) < 4.78 is 27.3. The van der Waals surface area contributed by atoms with Crippen LogP contribution in [0.3, 0.4) is 0 Å². The van der Waals surface area contributed by atoms with E-state index >= 15 is 0 Å². The second-order valence-corrected chi connectivity index (χ2v) is 7.45. The van der Waals surface area contributed by atoms with E-state index in [2.05, 4.69) is 10.1 Å². The fraction of sp³-hybridized carbons (Fsp3) is 0.455. The number of thiophene rings is 1. The molecule has 8 heteroatoms. The maximum Gasteiger partial charge on any atom is 0.243 e. The number of aryl methyl sites for hydroxylation is 1. The summed E-state index contributed by atoms with van der Waals surface area (Å²) in [4.78, 5) is 4.22. The van der Waals surface area contributed by atoms with Gasteiger partial charge in [-0.1, -0.05) is 5.16 Å². The van der Waals surface area contributed by atoms with Crippen LogP contribution in [0, 0.1) is 6.92 Å². The van der Waals surface area contributed by atoms with Gasteiger partial charge in [0.15, 0.2) is 0 Å². The van der Waals surface area contributed by atoms with Gasteiger partial charge in [-0.15, -0.1) is 0 Å². The van der Waals surface area contributed by atoms with Gasteiger partial charge in [-0.2, -0.15) is 16.3 Å². The summed E-state index contributed by atoms with van der Waals surface area (Å²) in [5, 5.41) is 7.81. The first-order valence-electron chi connectivity index (χ1n) is 5.67. The maximum absolute atomic E-state index is 11.1. The Balaban J connectivity index is 2.11. The van der Waals surface area contributed by atoms with E-state index in [0.717, 1.165) is 11.1 Å². The van der Waals surface area contributed by atoms with Crippen molar-refractivity contribution in [3.05, 3.63) is 22.2 Å². The van der Waals surface area contributed by atoms with Gasteiger partial charge in [-0.3, -0.25) is 0 Å². The molecule has 2 rings (SSSR count). The fourth-order valence-corrected chi connectivity index (χ4v) is 3.06. The summed E-state index contributed by atoms with van der Waals surface area (Å²) in [5.41, 5.74) is 7.83. The molecule has 19 heavy (non-hydrogen) atoms. The summed E-state index contributed by atoms with van der Waals surface area (Å²) in [5.74, 6) is 0.761. The van der Waals surface area contributed by atoms with Gasteiger partial charge in [-0.05, 0) is 24.3 Å². The normalized spacial score (nSPS) is 13.6. The molecule has 0 saturated carbocycles. The van der Waals surface area contributed by atoms with E-state index in [1.54, 1.807) is 11.3 Å². The average Bonchev–Trinajstić information content (AvgIpc) is 2.93. The zero-order valence-electron chi connectivity index (χ0n) is 10.7. The van der Waals surface area contributed by atoms with Crippen molar-refractivity contribution >= 4 is 21.2 Å². The van der Waals surface area contributed by atoms with Crippen molar-refractivity contribution in [1.29, 1.82) is 0 Å². The Hall–Kier alpha value is -1.25. The molecule has 2 N–H and O–H groups in total. The minimum atomic E-state index is -3.04. The maximum atomic E-state index is 11.1. The summed E-state index contributed by atoms with van der Waals surface area (Å²) >= 11 is 1.56. The molecule has 2 aromatic rings. The Morgan fingerprint density at radius 1 is 1.47 bits per heavy atom. The van der Waals surface area contributed by atoms with Gasteiger partial charge >= 0.3 is 0 Å². The van der Waals surface area contributed by atoms with Crippen LogP contribution in [0.2, 0.25) is 0 Å². The monoisotopic (exact) mass is 301 g/mol. The first-order chi connectivity index (χ1) is 8.87. The summed E-state index contributed by atoms with van der Waals surface area (Å²) in [7, 11) is -3.04. The molecule has 0 fully saturated rings. The Morgan fingerprint density at radius 2 is 2.21 bits per heavy atom. The lowest BCUT2D eigenvalue weighted by atomic mass is 10.2. The van der Waals surface area contributed by atoms with E-state index in [1.807, 2.05) is 17.7 Å². The highest BCUT2D eigenvalue weighted by Gasteiger charge is 2.18. The topological polar surface area (TPSA) is 99.1 Å². The van der Waals surface area contributed by atoms with Gasteiger partial charge in [0.05, 0.1) is 11.8 Å². The van der Waals surface area contributed by atoms with Gasteiger partial charge in [0.2, 0.25) is 11.7 Å². The summed E-state index contributed by atoms with van der Waals surface area (Å²) in [6.45, 7) is 1.96. The van der Waals surface area contributed by atoms with Crippen LogP contribution in [0.15, 0.2) is 15.3 Å². The van der Waals surface area contributed by atoms with E-state index in [0.29, 0.717) is 5.82 Å². The molecule has 1 unspecified atom stereocenters. The number of rotatable bonds is 5. The standard InChI is InChI=1S/C11H15N3O3S2/c1-7-5-18-6-8(7)10-13-11(17-14-10)9(12)3-4-19(2,15)16/h5-6,9H,3-4,12H2,1-2H3. The second kappa shape index (κ2) is 5.40. The Labute approximate surface area is 115 Å². The third-order valence-electron chi connectivity index (χ3n) is 2.66. The third kappa shape index (κ3) is 3.62. The van der Waals surface area contributed by atoms with Crippen LogP contribution in [0.4, 0.5) is 0 Å². The Morgan fingerprint density at radius 3 is 2.79 bits per heavy atom. The van der Waals surface area contributed by atoms with Crippen LogP contribution >= 0.6 is 11.3 Å². The predicted octanol–water partition coefficient (Wildman–Crippen LogP) is 1.54. The van der Waals surface area contributed by atoms with Crippen molar-refractivity contribution in [2.75, 3.05) is 12.0 Å². The molecule has 104 valence electrons. The zero-order chi connectivity index (χ0) is 14.0. The summed E-state index contributed by atoms with van der Waals surface area (Å²) in [6.07, 6.45) is 1.44. The van der Waals surface area contributed by atoms with E-state index in [4.69, 9.17) is 10.3 Å².